The van der Waals surface area contributed by atoms with Crippen LogP contribution < -0.4 is 0 Å². The molecule has 1 saturated carbocycles. The minimum absolute atomic E-state index is 0.269. The normalized spacial score (nSPS) is 43.1. The summed E-state index contributed by atoms with van der Waals surface area (Å²) in [4.78, 5) is 11.7. The summed E-state index contributed by atoms with van der Waals surface area (Å²) in [5, 5.41) is 10.9. The summed E-state index contributed by atoms with van der Waals surface area (Å²) in [6, 6.07) is 0. The molecule has 1 fully saturated rings. The van der Waals surface area contributed by atoms with E-state index >= 15 is 0 Å². The molecule has 0 aromatic heterocycles. The van der Waals surface area contributed by atoms with E-state index < -0.39 is 5.60 Å². The van der Waals surface area contributed by atoms with Crippen LogP contribution in [0, 0.1) is 29.6 Å². The molecule has 0 aromatic carbocycles. The van der Waals surface area contributed by atoms with Crippen molar-refractivity contribution in [1.29, 1.82) is 0 Å². The molecule has 0 amide bonds. The van der Waals surface area contributed by atoms with Crippen molar-refractivity contribution in [3.63, 3.8) is 0 Å². The number of hydrogen-bond acceptors (Lipinski definition) is 2. The molecule has 1 N–H and O–H groups in total. The lowest BCUT2D eigenvalue weighted by atomic mass is 9.58. The van der Waals surface area contributed by atoms with E-state index in [1.54, 1.807) is 0 Å². The molecular formula is C20H22O2. The van der Waals surface area contributed by atoms with Crippen LogP contribution in [0.3, 0.4) is 0 Å². The molecule has 2 nitrogen and oxygen atoms in total. The minimum Gasteiger partial charge on any atom is -0.377 e. The molecule has 0 bridgehead atoms. The number of terminal acetylenes is 1. The highest BCUT2D eigenvalue weighted by molar-refractivity contribution is 5.93. The molecule has 0 radical (unpaired) electrons. The second-order valence-electron chi connectivity index (χ2n) is 7.48. The van der Waals surface area contributed by atoms with E-state index in [1.807, 2.05) is 6.08 Å². The molecule has 0 aromatic rings. The zero-order valence-electron chi connectivity index (χ0n) is 13.1. The van der Waals surface area contributed by atoms with Gasteiger partial charge in [0.2, 0.25) is 0 Å². The first-order valence-electron chi connectivity index (χ1n) is 8.35. The van der Waals surface area contributed by atoms with Gasteiger partial charge in [-0.1, -0.05) is 25.0 Å². The molecule has 4 atom stereocenters. The number of carbonyl (C=O) groups excluding carboxylic acids is 1. The summed E-state index contributed by atoms with van der Waals surface area (Å²) in [5.41, 5.74) is 2.73. The standard InChI is InChI=1S/C20H22O2/c1-3-20(22)11-9-18-17-6-4-13-12-14(21)5-7-15(13)16(17)8-10-19(18,20)2/h1,8,10,12,17-18,22H,4-7,9,11H2,2H3/t17?,18?,19?,20-/m0/s1. The Morgan fingerprint density at radius 1 is 1.32 bits per heavy atom. The molecule has 0 spiro atoms. The van der Waals surface area contributed by atoms with Crippen molar-refractivity contribution in [3.8, 4) is 12.3 Å². The molecule has 0 heterocycles. The maximum atomic E-state index is 11.7. The average Bonchev–Trinajstić information content (AvgIpc) is 2.79. The molecule has 3 unspecified atom stereocenters. The second kappa shape index (κ2) is 4.46. The predicted molar refractivity (Wildman–Crippen MR) is 85.8 cm³/mol. The molecule has 2 heteroatoms. The highest BCUT2D eigenvalue weighted by Gasteiger charge is 2.58. The first-order valence-corrected chi connectivity index (χ1v) is 8.35. The van der Waals surface area contributed by atoms with Gasteiger partial charge >= 0.3 is 0 Å². The van der Waals surface area contributed by atoms with Crippen LogP contribution in [-0.4, -0.2) is 16.5 Å². The summed E-state index contributed by atoms with van der Waals surface area (Å²) < 4.78 is 0. The van der Waals surface area contributed by atoms with Gasteiger partial charge in [0.15, 0.2) is 5.78 Å². The summed E-state index contributed by atoms with van der Waals surface area (Å²) in [5.74, 6) is 3.84. The first kappa shape index (κ1) is 14.0. The number of rotatable bonds is 0. The summed E-state index contributed by atoms with van der Waals surface area (Å²) in [6.45, 7) is 2.12. The Morgan fingerprint density at radius 3 is 2.91 bits per heavy atom. The largest absolute Gasteiger partial charge is 0.377 e. The van der Waals surface area contributed by atoms with Crippen LogP contribution in [0.5, 0.6) is 0 Å². The highest BCUT2D eigenvalue weighted by atomic mass is 16.3. The van der Waals surface area contributed by atoms with Crippen molar-refractivity contribution in [3.05, 3.63) is 34.9 Å². The molecular weight excluding hydrogens is 272 g/mol. The average molecular weight is 294 g/mol. The van der Waals surface area contributed by atoms with E-state index in [0.29, 0.717) is 24.7 Å². The molecule has 0 saturated heterocycles. The van der Waals surface area contributed by atoms with Crippen LogP contribution in [0.4, 0.5) is 0 Å². The zero-order chi connectivity index (χ0) is 15.5. The predicted octanol–water partition coefficient (Wildman–Crippen LogP) is 3.33. The second-order valence-corrected chi connectivity index (χ2v) is 7.48. The summed E-state index contributed by atoms with van der Waals surface area (Å²) in [7, 11) is 0. The van der Waals surface area contributed by atoms with Crippen molar-refractivity contribution >= 4 is 5.78 Å². The fraction of sp³-hybridized carbons (Fsp3) is 0.550. The number of ketones is 1. The lowest BCUT2D eigenvalue weighted by Gasteiger charge is -2.46. The van der Waals surface area contributed by atoms with Gasteiger partial charge in [-0.15, -0.1) is 6.42 Å². The van der Waals surface area contributed by atoms with Crippen LogP contribution in [0.25, 0.3) is 0 Å². The fourth-order valence-electron chi connectivity index (χ4n) is 5.26. The molecule has 4 rings (SSSR count). The number of carbonyl (C=O) groups is 1. The third-order valence-electron chi connectivity index (χ3n) is 6.63. The minimum atomic E-state index is -1.01. The van der Waals surface area contributed by atoms with Gasteiger partial charge in [-0.3, -0.25) is 4.79 Å². The van der Waals surface area contributed by atoms with E-state index in [0.717, 1.165) is 25.7 Å². The highest BCUT2D eigenvalue weighted by Crippen LogP contribution is 2.60. The Kier molecular flexibility index (Phi) is 2.84. The van der Waals surface area contributed by atoms with E-state index in [2.05, 4.69) is 25.0 Å². The Hall–Kier alpha value is -1.59. The molecule has 22 heavy (non-hydrogen) atoms. The Labute approximate surface area is 132 Å². The molecule has 114 valence electrons. The SMILES string of the molecule is C#C[C@]1(O)CCC2C3CCC4=CC(=O)CCC4=C3C=CC21C. The molecule has 4 aliphatic rings. The number of allylic oxidation sites excluding steroid dienone is 5. The topological polar surface area (TPSA) is 37.3 Å². The molecule has 4 aliphatic carbocycles. The Bertz CT molecular complexity index is 687. The van der Waals surface area contributed by atoms with Crippen molar-refractivity contribution < 1.29 is 9.90 Å². The van der Waals surface area contributed by atoms with Crippen LogP contribution in [0.15, 0.2) is 34.9 Å². The zero-order valence-corrected chi connectivity index (χ0v) is 13.1. The van der Waals surface area contributed by atoms with Gasteiger partial charge in [-0.25, -0.2) is 0 Å². The fourth-order valence-corrected chi connectivity index (χ4v) is 5.26. The molecule has 0 aliphatic heterocycles. The maximum Gasteiger partial charge on any atom is 0.156 e. The van der Waals surface area contributed by atoms with Gasteiger partial charge in [-0.05, 0) is 66.7 Å². The maximum absolute atomic E-state index is 11.7. The summed E-state index contributed by atoms with van der Waals surface area (Å²) >= 11 is 0. The quantitative estimate of drug-likeness (QED) is 0.696. The summed E-state index contributed by atoms with van der Waals surface area (Å²) in [6.07, 6.45) is 17.1. The van der Waals surface area contributed by atoms with Crippen molar-refractivity contribution in [2.45, 2.75) is 51.0 Å². The van der Waals surface area contributed by atoms with Gasteiger partial charge in [0.1, 0.15) is 5.60 Å². The van der Waals surface area contributed by atoms with E-state index in [-0.39, 0.29) is 11.2 Å². The van der Waals surface area contributed by atoms with Crippen molar-refractivity contribution in [1.82, 2.24) is 0 Å². The van der Waals surface area contributed by atoms with E-state index in [4.69, 9.17) is 6.42 Å². The van der Waals surface area contributed by atoms with Gasteiger partial charge < -0.3 is 5.11 Å². The van der Waals surface area contributed by atoms with Crippen LogP contribution in [0.1, 0.15) is 45.4 Å². The monoisotopic (exact) mass is 294 g/mol. The van der Waals surface area contributed by atoms with Crippen molar-refractivity contribution in [2.24, 2.45) is 17.3 Å². The van der Waals surface area contributed by atoms with E-state index in [9.17, 15) is 9.90 Å². The van der Waals surface area contributed by atoms with Gasteiger partial charge in [0, 0.05) is 11.8 Å². The van der Waals surface area contributed by atoms with Crippen molar-refractivity contribution in [2.75, 3.05) is 0 Å². The van der Waals surface area contributed by atoms with Crippen LogP contribution >= 0.6 is 0 Å². The van der Waals surface area contributed by atoms with Gasteiger partial charge in [-0.2, -0.15) is 0 Å². The third-order valence-corrected chi connectivity index (χ3v) is 6.63. The van der Waals surface area contributed by atoms with Gasteiger partial charge in [0.25, 0.3) is 0 Å². The van der Waals surface area contributed by atoms with Crippen LogP contribution in [0.2, 0.25) is 0 Å². The number of aliphatic hydroxyl groups is 1. The smallest absolute Gasteiger partial charge is 0.156 e. The lowest BCUT2D eigenvalue weighted by Crippen LogP contribution is -2.46. The van der Waals surface area contributed by atoms with E-state index in [1.165, 1.54) is 16.7 Å². The number of hydrogen-bond donors (Lipinski definition) is 1. The lowest BCUT2D eigenvalue weighted by molar-refractivity contribution is -0.114. The van der Waals surface area contributed by atoms with Crippen LogP contribution in [-0.2, 0) is 4.79 Å². The third kappa shape index (κ3) is 1.64. The Morgan fingerprint density at radius 2 is 2.14 bits per heavy atom. The Balaban J connectivity index is 1.83. The first-order chi connectivity index (χ1) is 10.5. The number of fused-ring (bicyclic) bond motifs is 4. The van der Waals surface area contributed by atoms with Gasteiger partial charge in [0.05, 0.1) is 0 Å².